The molecule has 82 valence electrons. The first-order chi connectivity index (χ1) is 6.79. The maximum atomic E-state index is 3.55. The van der Waals surface area contributed by atoms with Gasteiger partial charge in [-0.25, -0.2) is 0 Å². The van der Waals surface area contributed by atoms with Gasteiger partial charge in [0.05, 0.1) is 0 Å². The number of nitrogens with zero attached hydrogens (tertiary/aromatic N) is 1. The van der Waals surface area contributed by atoms with Crippen LogP contribution in [0.15, 0.2) is 12.2 Å². The van der Waals surface area contributed by atoms with Gasteiger partial charge in [-0.3, -0.25) is 0 Å². The zero-order valence-electron chi connectivity index (χ0n) is 9.63. The molecule has 0 radical (unpaired) electrons. The minimum Gasteiger partial charge on any atom is -0.316 e. The Morgan fingerprint density at radius 1 is 1.36 bits per heavy atom. The van der Waals surface area contributed by atoms with Crippen molar-refractivity contribution in [3.8, 4) is 0 Å². The van der Waals surface area contributed by atoms with E-state index in [1.54, 1.807) is 0 Å². The molecule has 0 spiro atoms. The maximum absolute atomic E-state index is 3.55. The molecule has 1 aliphatic carbocycles. The van der Waals surface area contributed by atoms with Crippen molar-refractivity contribution in [1.82, 2.24) is 10.2 Å². The third kappa shape index (κ3) is 5.40. The molecular formula is C12H24N2. The first-order valence-corrected chi connectivity index (χ1v) is 5.79. The summed E-state index contributed by atoms with van der Waals surface area (Å²) in [6.45, 7) is 3.56. The van der Waals surface area contributed by atoms with Crippen molar-refractivity contribution in [2.24, 2.45) is 5.92 Å². The van der Waals surface area contributed by atoms with Crippen LogP contribution in [-0.2, 0) is 0 Å². The first-order valence-electron chi connectivity index (χ1n) is 5.79. The smallest absolute Gasteiger partial charge is 0.00127 e. The lowest BCUT2D eigenvalue weighted by molar-refractivity contribution is 0.382. The Morgan fingerprint density at radius 3 is 2.86 bits per heavy atom. The normalized spacial score (nSPS) is 21.8. The molecule has 1 N–H and O–H groups in total. The fraction of sp³-hybridized carbons (Fsp3) is 0.833. The highest BCUT2D eigenvalue weighted by atomic mass is 15.1. The number of hydrogen-bond acceptors (Lipinski definition) is 2. The monoisotopic (exact) mass is 196 g/mol. The van der Waals surface area contributed by atoms with E-state index in [4.69, 9.17) is 0 Å². The molecule has 1 rings (SSSR count). The average molecular weight is 196 g/mol. The molecule has 0 fully saturated rings. The fourth-order valence-electron chi connectivity index (χ4n) is 1.87. The quantitative estimate of drug-likeness (QED) is 0.515. The van der Waals surface area contributed by atoms with Crippen LogP contribution < -0.4 is 5.32 Å². The van der Waals surface area contributed by atoms with Gasteiger partial charge in [-0.05, 0) is 65.3 Å². The Hall–Kier alpha value is -0.340. The second-order valence-electron chi connectivity index (χ2n) is 4.51. The van der Waals surface area contributed by atoms with Gasteiger partial charge < -0.3 is 10.2 Å². The van der Waals surface area contributed by atoms with E-state index in [0.717, 1.165) is 5.92 Å². The van der Waals surface area contributed by atoms with E-state index in [2.05, 4.69) is 36.5 Å². The number of rotatable bonds is 6. The van der Waals surface area contributed by atoms with Gasteiger partial charge in [-0.1, -0.05) is 12.2 Å². The zero-order chi connectivity index (χ0) is 10.2. The van der Waals surface area contributed by atoms with Crippen molar-refractivity contribution in [1.29, 1.82) is 0 Å². The van der Waals surface area contributed by atoms with Gasteiger partial charge in [-0.15, -0.1) is 0 Å². The van der Waals surface area contributed by atoms with Gasteiger partial charge >= 0.3 is 0 Å². The predicted molar refractivity (Wildman–Crippen MR) is 62.5 cm³/mol. The summed E-state index contributed by atoms with van der Waals surface area (Å²) < 4.78 is 0. The van der Waals surface area contributed by atoms with Crippen molar-refractivity contribution in [3.63, 3.8) is 0 Å². The molecule has 2 heteroatoms. The molecule has 0 aromatic heterocycles. The molecule has 14 heavy (non-hydrogen) atoms. The van der Waals surface area contributed by atoms with E-state index >= 15 is 0 Å². The van der Waals surface area contributed by atoms with Gasteiger partial charge in [0.25, 0.3) is 0 Å². The second-order valence-corrected chi connectivity index (χ2v) is 4.51. The molecule has 0 bridgehead atoms. The molecule has 0 saturated carbocycles. The van der Waals surface area contributed by atoms with Crippen molar-refractivity contribution in [2.45, 2.75) is 25.7 Å². The van der Waals surface area contributed by atoms with E-state index < -0.39 is 0 Å². The SMILES string of the molecule is CN(C)CCCNCC1CC=CCC1. The fourth-order valence-corrected chi connectivity index (χ4v) is 1.87. The Labute approximate surface area is 88.4 Å². The zero-order valence-corrected chi connectivity index (χ0v) is 9.63. The highest BCUT2D eigenvalue weighted by Crippen LogP contribution is 2.16. The first kappa shape index (κ1) is 11.7. The van der Waals surface area contributed by atoms with Crippen LogP contribution in [0.3, 0.4) is 0 Å². The van der Waals surface area contributed by atoms with Crippen LogP contribution in [0, 0.1) is 5.92 Å². The summed E-state index contributed by atoms with van der Waals surface area (Å²) in [7, 11) is 4.26. The molecule has 1 atom stereocenters. The number of allylic oxidation sites excluding steroid dienone is 2. The molecule has 0 aromatic carbocycles. The molecule has 0 saturated heterocycles. The highest BCUT2D eigenvalue weighted by molar-refractivity contribution is 4.90. The van der Waals surface area contributed by atoms with Crippen LogP contribution in [0.1, 0.15) is 25.7 Å². The average Bonchev–Trinajstić information content (AvgIpc) is 2.18. The summed E-state index contributed by atoms with van der Waals surface area (Å²) in [5.74, 6) is 0.888. The molecule has 0 heterocycles. The lowest BCUT2D eigenvalue weighted by Crippen LogP contribution is -2.26. The topological polar surface area (TPSA) is 15.3 Å². The molecule has 1 unspecified atom stereocenters. The Bertz CT molecular complexity index is 164. The molecule has 2 nitrogen and oxygen atoms in total. The molecular weight excluding hydrogens is 172 g/mol. The third-order valence-corrected chi connectivity index (χ3v) is 2.77. The van der Waals surface area contributed by atoms with E-state index in [1.165, 1.54) is 45.3 Å². The largest absolute Gasteiger partial charge is 0.316 e. The minimum absolute atomic E-state index is 0.888. The molecule has 0 amide bonds. The van der Waals surface area contributed by atoms with Crippen LogP contribution in [0.25, 0.3) is 0 Å². The lowest BCUT2D eigenvalue weighted by atomic mass is 9.94. The van der Waals surface area contributed by atoms with Crippen LogP contribution in [-0.4, -0.2) is 38.6 Å². The van der Waals surface area contributed by atoms with E-state index in [9.17, 15) is 0 Å². The van der Waals surface area contributed by atoms with Crippen molar-refractivity contribution < 1.29 is 0 Å². The summed E-state index contributed by atoms with van der Waals surface area (Å²) >= 11 is 0. The van der Waals surface area contributed by atoms with Crippen molar-refractivity contribution in [3.05, 3.63) is 12.2 Å². The minimum atomic E-state index is 0.888. The van der Waals surface area contributed by atoms with Crippen LogP contribution in [0.2, 0.25) is 0 Å². The van der Waals surface area contributed by atoms with Crippen molar-refractivity contribution in [2.75, 3.05) is 33.7 Å². The molecule has 1 aliphatic rings. The summed E-state index contributed by atoms with van der Waals surface area (Å²) in [5, 5.41) is 3.55. The summed E-state index contributed by atoms with van der Waals surface area (Å²) in [4.78, 5) is 2.24. The lowest BCUT2D eigenvalue weighted by Gasteiger charge is -2.18. The van der Waals surface area contributed by atoms with Crippen LogP contribution in [0.4, 0.5) is 0 Å². The van der Waals surface area contributed by atoms with Gasteiger partial charge in [0, 0.05) is 0 Å². The second kappa shape index (κ2) is 7.02. The van der Waals surface area contributed by atoms with Gasteiger partial charge in [0.15, 0.2) is 0 Å². The van der Waals surface area contributed by atoms with E-state index in [1.807, 2.05) is 0 Å². The van der Waals surface area contributed by atoms with Gasteiger partial charge in [0.2, 0.25) is 0 Å². The summed E-state index contributed by atoms with van der Waals surface area (Å²) in [5.41, 5.74) is 0. The Morgan fingerprint density at radius 2 is 2.21 bits per heavy atom. The maximum Gasteiger partial charge on any atom is -0.00127 e. The molecule has 0 aliphatic heterocycles. The van der Waals surface area contributed by atoms with Gasteiger partial charge in [0.1, 0.15) is 0 Å². The predicted octanol–water partition coefficient (Wildman–Crippen LogP) is 1.88. The highest BCUT2D eigenvalue weighted by Gasteiger charge is 2.08. The molecule has 0 aromatic rings. The van der Waals surface area contributed by atoms with E-state index in [-0.39, 0.29) is 0 Å². The van der Waals surface area contributed by atoms with Gasteiger partial charge in [-0.2, -0.15) is 0 Å². The third-order valence-electron chi connectivity index (χ3n) is 2.77. The number of nitrogens with one attached hydrogen (secondary N) is 1. The van der Waals surface area contributed by atoms with Crippen LogP contribution in [0.5, 0.6) is 0 Å². The van der Waals surface area contributed by atoms with Crippen LogP contribution >= 0.6 is 0 Å². The Kier molecular flexibility index (Phi) is 5.88. The Balaban J connectivity index is 1.90. The van der Waals surface area contributed by atoms with E-state index in [0.29, 0.717) is 0 Å². The number of hydrogen-bond donors (Lipinski definition) is 1. The summed E-state index contributed by atoms with van der Waals surface area (Å²) in [6, 6.07) is 0. The summed E-state index contributed by atoms with van der Waals surface area (Å²) in [6.07, 6.45) is 9.83. The standard InChI is InChI=1S/C12H24N2/c1-14(2)10-6-9-13-11-12-7-4-3-5-8-12/h3-4,12-13H,5-11H2,1-2H3. The van der Waals surface area contributed by atoms with Crippen molar-refractivity contribution >= 4 is 0 Å².